The van der Waals surface area contributed by atoms with E-state index in [2.05, 4.69) is 26.8 Å². The molecule has 0 bridgehead atoms. The van der Waals surface area contributed by atoms with E-state index in [1.165, 1.54) is 5.57 Å². The van der Waals surface area contributed by atoms with Gasteiger partial charge in [-0.25, -0.2) is 0 Å². The van der Waals surface area contributed by atoms with Crippen LogP contribution in [0.15, 0.2) is 11.6 Å². The van der Waals surface area contributed by atoms with Crippen molar-refractivity contribution in [2.45, 2.75) is 122 Å². The third kappa shape index (κ3) is 4.74. The molecule has 5 rings (SSSR count). The van der Waals surface area contributed by atoms with Gasteiger partial charge in [0.25, 0.3) is 0 Å². The number of carboxylic acid groups (broad SMARTS) is 1. The van der Waals surface area contributed by atoms with Crippen molar-refractivity contribution in [1.82, 2.24) is 0 Å². The Bertz CT molecular complexity index is 1020. The molecule has 0 spiro atoms. The average molecular weight is 579 g/mol. The molecule has 0 saturated heterocycles. The van der Waals surface area contributed by atoms with E-state index < -0.39 is 48.0 Å². The monoisotopic (exact) mass is 578 g/mol. The highest BCUT2D eigenvalue weighted by atomic mass is 16.5. The first-order chi connectivity index (χ1) is 19.1. The van der Waals surface area contributed by atoms with E-state index in [9.17, 15) is 40.5 Å². The lowest BCUT2D eigenvalue weighted by Crippen LogP contribution is -2.64. The van der Waals surface area contributed by atoms with Gasteiger partial charge in [-0.2, -0.15) is 0 Å². The van der Waals surface area contributed by atoms with Gasteiger partial charge in [0.2, 0.25) is 0 Å². The number of aliphatic hydroxyl groups excluding tert-OH is 4. The van der Waals surface area contributed by atoms with E-state index >= 15 is 0 Å². The molecular formula is C33H54O8. The second kappa shape index (κ2) is 10.8. The molecule has 0 heterocycles. The van der Waals surface area contributed by atoms with E-state index in [1.807, 2.05) is 6.92 Å². The molecular weight excluding hydrogens is 524 g/mol. The molecule has 13 atom stereocenters. The van der Waals surface area contributed by atoms with Gasteiger partial charge in [0.05, 0.1) is 17.1 Å². The van der Waals surface area contributed by atoms with Crippen molar-refractivity contribution >= 4 is 5.97 Å². The van der Waals surface area contributed by atoms with Crippen LogP contribution in [0.2, 0.25) is 0 Å². The van der Waals surface area contributed by atoms with Gasteiger partial charge in [0, 0.05) is 12.5 Å². The maximum Gasteiger partial charge on any atom is 0.310 e. The number of carbonyl (C=O) groups is 1. The van der Waals surface area contributed by atoms with Crippen LogP contribution < -0.4 is 0 Å². The summed E-state index contributed by atoms with van der Waals surface area (Å²) in [5.74, 6) is -0.149. The van der Waals surface area contributed by atoms with Crippen LogP contribution in [0.4, 0.5) is 0 Å². The second-order valence-electron chi connectivity index (χ2n) is 15.6. The zero-order valence-corrected chi connectivity index (χ0v) is 25.4. The van der Waals surface area contributed by atoms with Gasteiger partial charge >= 0.3 is 5.97 Å². The molecule has 12 unspecified atom stereocenters. The molecule has 4 saturated carbocycles. The third-order valence-electron chi connectivity index (χ3n) is 13.8. The minimum absolute atomic E-state index is 0.0306. The van der Waals surface area contributed by atoms with Crippen LogP contribution in [0.3, 0.4) is 0 Å². The summed E-state index contributed by atoms with van der Waals surface area (Å²) in [7, 11) is 0. The van der Waals surface area contributed by atoms with Crippen molar-refractivity contribution in [3.63, 3.8) is 0 Å². The second-order valence-corrected chi connectivity index (χ2v) is 15.6. The normalized spacial score (nSPS) is 48.1. The first-order valence-electron chi connectivity index (χ1n) is 16.1. The molecule has 5 aliphatic carbocycles. The number of hydrogen-bond acceptors (Lipinski definition) is 7. The van der Waals surface area contributed by atoms with Gasteiger partial charge < -0.3 is 35.7 Å². The Hall–Kier alpha value is -1.03. The van der Waals surface area contributed by atoms with Crippen LogP contribution in [0.5, 0.6) is 0 Å². The summed E-state index contributed by atoms with van der Waals surface area (Å²) in [5, 5.41) is 71.8. The van der Waals surface area contributed by atoms with Crippen molar-refractivity contribution in [2.75, 3.05) is 6.61 Å². The summed E-state index contributed by atoms with van der Waals surface area (Å²) in [4.78, 5) is 12.7. The minimum atomic E-state index is -2.10. The van der Waals surface area contributed by atoms with Crippen molar-refractivity contribution < 1.29 is 40.5 Å². The number of allylic oxidation sites excluding steroid dienone is 2. The van der Waals surface area contributed by atoms with Crippen LogP contribution >= 0.6 is 0 Å². The van der Waals surface area contributed by atoms with Gasteiger partial charge in [0.1, 0.15) is 6.10 Å². The molecule has 4 fully saturated rings. The number of fused-ring (bicyclic) bond motifs is 7. The summed E-state index contributed by atoms with van der Waals surface area (Å²) in [6.07, 6.45) is 6.10. The Morgan fingerprint density at radius 3 is 2.20 bits per heavy atom. The highest BCUT2D eigenvalue weighted by Crippen LogP contribution is 2.71. The number of rotatable bonds is 7. The summed E-state index contributed by atoms with van der Waals surface area (Å²) in [6.45, 7) is 8.53. The topological polar surface area (TPSA) is 159 Å². The molecule has 8 heteroatoms. The van der Waals surface area contributed by atoms with Crippen LogP contribution in [0.1, 0.15) is 98.3 Å². The molecule has 41 heavy (non-hydrogen) atoms. The molecule has 8 nitrogen and oxygen atoms in total. The summed E-state index contributed by atoms with van der Waals surface area (Å²) in [6, 6.07) is 0. The average Bonchev–Trinajstić information content (AvgIpc) is 2.91. The maximum absolute atomic E-state index is 12.7. The molecule has 234 valence electrons. The zero-order chi connectivity index (χ0) is 30.1. The Morgan fingerprint density at radius 2 is 1.56 bits per heavy atom. The highest BCUT2D eigenvalue weighted by molar-refractivity contribution is 5.76. The lowest BCUT2D eigenvalue weighted by molar-refractivity contribution is -0.214. The van der Waals surface area contributed by atoms with Crippen LogP contribution in [-0.4, -0.2) is 72.4 Å². The SMILES string of the molecule is CC1CCC2(C(=O)O)CCC3C(=CCC4C3(C)CCC3C4(C)CCC(CC(CO)C(O)C(O)C(O)O)[C@@]3(C)O)C2C1. The van der Waals surface area contributed by atoms with Crippen LogP contribution in [0.25, 0.3) is 0 Å². The number of carboxylic acids is 1. The summed E-state index contributed by atoms with van der Waals surface area (Å²) >= 11 is 0. The Balaban J connectivity index is 1.41. The van der Waals surface area contributed by atoms with Crippen molar-refractivity contribution in [3.8, 4) is 0 Å². The number of hydrogen-bond donors (Lipinski definition) is 7. The van der Waals surface area contributed by atoms with Crippen LogP contribution in [-0.2, 0) is 4.79 Å². The fourth-order valence-electron chi connectivity index (χ4n) is 11.4. The largest absolute Gasteiger partial charge is 0.481 e. The first-order valence-corrected chi connectivity index (χ1v) is 16.1. The molecule has 7 N–H and O–H groups in total. The standard InChI is InChI=1S/C33H54O8/c1-18-7-13-33(29(39)40)14-9-22-21(23(33)15-18)5-6-24-30(22,2)12-10-25-31(24,3)11-8-20(32(25,4)41)16-19(17-34)26(35)27(36)28(37)38/h5,18-20,22-28,34-38,41H,6-17H2,1-4H3,(H,39,40)/t18?,19?,20?,22?,23?,24?,25?,26?,27?,30?,31?,32-,33?/m1/s1. The highest BCUT2D eigenvalue weighted by Gasteiger charge is 2.66. The molecule has 0 aliphatic heterocycles. The third-order valence-corrected chi connectivity index (χ3v) is 13.8. The van der Waals surface area contributed by atoms with E-state index in [0.717, 1.165) is 64.2 Å². The van der Waals surface area contributed by atoms with Gasteiger partial charge in [-0.05, 0) is 124 Å². The molecule has 0 aromatic carbocycles. The maximum atomic E-state index is 12.7. The van der Waals surface area contributed by atoms with E-state index in [1.54, 1.807) is 0 Å². The summed E-state index contributed by atoms with van der Waals surface area (Å²) in [5.41, 5.74) is -0.304. The minimum Gasteiger partial charge on any atom is -0.481 e. The predicted molar refractivity (Wildman–Crippen MR) is 153 cm³/mol. The molecule has 0 radical (unpaired) electrons. The lowest BCUT2D eigenvalue weighted by atomic mass is 9.37. The number of aliphatic hydroxyl groups is 6. The lowest BCUT2D eigenvalue weighted by Gasteiger charge is -2.67. The molecule has 5 aliphatic rings. The Kier molecular flexibility index (Phi) is 8.31. The first kappa shape index (κ1) is 31.4. The zero-order valence-electron chi connectivity index (χ0n) is 25.4. The Morgan fingerprint density at radius 1 is 0.902 bits per heavy atom. The molecule has 0 amide bonds. The van der Waals surface area contributed by atoms with Gasteiger partial charge in [-0.15, -0.1) is 0 Å². The van der Waals surface area contributed by atoms with E-state index in [0.29, 0.717) is 17.8 Å². The van der Waals surface area contributed by atoms with Gasteiger partial charge in [-0.1, -0.05) is 32.4 Å². The van der Waals surface area contributed by atoms with Crippen LogP contribution in [0, 0.1) is 57.7 Å². The quantitative estimate of drug-likeness (QED) is 0.179. The number of aliphatic carboxylic acids is 1. The fraction of sp³-hybridized carbons (Fsp3) is 0.909. The van der Waals surface area contributed by atoms with Gasteiger partial charge in [0.15, 0.2) is 6.29 Å². The van der Waals surface area contributed by atoms with Crippen molar-refractivity contribution in [2.24, 2.45) is 57.7 Å². The molecule has 0 aromatic rings. The summed E-state index contributed by atoms with van der Waals surface area (Å²) < 4.78 is 0. The smallest absolute Gasteiger partial charge is 0.310 e. The molecule has 0 aromatic heterocycles. The predicted octanol–water partition coefficient (Wildman–Crippen LogP) is 3.46. The van der Waals surface area contributed by atoms with E-state index in [4.69, 9.17) is 0 Å². The Labute approximate surface area is 244 Å². The van der Waals surface area contributed by atoms with Gasteiger partial charge in [-0.3, -0.25) is 4.79 Å². The van der Waals surface area contributed by atoms with Crippen molar-refractivity contribution in [3.05, 3.63) is 11.6 Å². The fourth-order valence-corrected chi connectivity index (χ4v) is 11.4. The van der Waals surface area contributed by atoms with E-state index in [-0.39, 0.29) is 35.0 Å². The van der Waals surface area contributed by atoms with Crippen molar-refractivity contribution in [1.29, 1.82) is 0 Å².